The number of piperidine rings is 1. The molecule has 0 spiro atoms. The normalized spacial score (nSPS) is 18.5. The number of carbonyl (C=O) groups is 1. The average Bonchev–Trinajstić information content (AvgIpc) is 2.50. The number of fused-ring (bicyclic) bond motifs is 1. The van der Waals surface area contributed by atoms with Crippen molar-refractivity contribution in [3.05, 3.63) is 40.2 Å². The predicted molar refractivity (Wildman–Crippen MR) is 85.1 cm³/mol. The maximum atomic E-state index is 12.5. The van der Waals surface area contributed by atoms with Gasteiger partial charge in [0.05, 0.1) is 11.6 Å². The number of aryl methyl sites for hydroxylation is 1. The topological polar surface area (TPSA) is 85.4 Å². The SMILES string of the molecule is Cc1cccc2c(=O)c(NC(=O)N3CCC[C@H](O)C3)c[nH]c12. The van der Waals surface area contributed by atoms with Crippen molar-refractivity contribution in [1.29, 1.82) is 0 Å². The summed E-state index contributed by atoms with van der Waals surface area (Å²) in [6, 6.07) is 5.13. The van der Waals surface area contributed by atoms with E-state index in [4.69, 9.17) is 0 Å². The average molecular weight is 301 g/mol. The zero-order chi connectivity index (χ0) is 15.7. The Balaban J connectivity index is 1.86. The molecule has 116 valence electrons. The summed E-state index contributed by atoms with van der Waals surface area (Å²) in [6.45, 7) is 2.82. The van der Waals surface area contributed by atoms with E-state index < -0.39 is 6.10 Å². The van der Waals surface area contributed by atoms with Crippen molar-refractivity contribution < 1.29 is 9.90 Å². The van der Waals surface area contributed by atoms with Crippen molar-refractivity contribution >= 4 is 22.6 Å². The Morgan fingerprint density at radius 3 is 3.05 bits per heavy atom. The molecule has 6 heteroatoms. The molecule has 0 radical (unpaired) electrons. The van der Waals surface area contributed by atoms with Crippen molar-refractivity contribution in [3.63, 3.8) is 0 Å². The molecule has 1 aromatic heterocycles. The molecule has 0 aliphatic carbocycles. The highest BCUT2D eigenvalue weighted by molar-refractivity contribution is 5.92. The smallest absolute Gasteiger partial charge is 0.322 e. The number of para-hydroxylation sites is 1. The third-order valence-electron chi connectivity index (χ3n) is 4.05. The first-order valence-electron chi connectivity index (χ1n) is 7.41. The highest BCUT2D eigenvalue weighted by atomic mass is 16.3. The zero-order valence-corrected chi connectivity index (χ0v) is 12.4. The third-order valence-corrected chi connectivity index (χ3v) is 4.05. The van der Waals surface area contributed by atoms with Gasteiger partial charge in [-0.1, -0.05) is 12.1 Å². The summed E-state index contributed by atoms with van der Waals surface area (Å²) in [5.74, 6) is 0. The molecule has 6 nitrogen and oxygen atoms in total. The van der Waals surface area contributed by atoms with Gasteiger partial charge in [-0.05, 0) is 31.4 Å². The lowest BCUT2D eigenvalue weighted by Crippen LogP contribution is -2.44. The van der Waals surface area contributed by atoms with Gasteiger partial charge in [0.2, 0.25) is 5.43 Å². The standard InChI is InChI=1S/C16H19N3O3/c1-10-4-2-6-12-14(10)17-8-13(15(12)21)18-16(22)19-7-3-5-11(20)9-19/h2,4,6,8,11,20H,3,5,7,9H2,1H3,(H,17,21)(H,18,22)/t11-/m0/s1. The quantitative estimate of drug-likeness (QED) is 0.751. The fourth-order valence-corrected chi connectivity index (χ4v) is 2.83. The summed E-state index contributed by atoms with van der Waals surface area (Å²) in [7, 11) is 0. The second-order valence-corrected chi connectivity index (χ2v) is 5.70. The molecular formula is C16H19N3O3. The molecule has 2 amide bonds. The number of urea groups is 1. The number of anilines is 1. The Morgan fingerprint density at radius 2 is 2.27 bits per heavy atom. The molecule has 22 heavy (non-hydrogen) atoms. The van der Waals surface area contributed by atoms with Crippen LogP contribution in [0.5, 0.6) is 0 Å². The number of hydrogen-bond donors (Lipinski definition) is 3. The maximum absolute atomic E-state index is 12.5. The van der Waals surface area contributed by atoms with Crippen LogP contribution in [0.1, 0.15) is 18.4 Å². The third kappa shape index (κ3) is 2.69. The first-order valence-corrected chi connectivity index (χ1v) is 7.41. The molecule has 3 N–H and O–H groups in total. The minimum absolute atomic E-state index is 0.205. The molecule has 0 unspecified atom stereocenters. The molecule has 0 bridgehead atoms. The van der Waals surface area contributed by atoms with Crippen molar-refractivity contribution in [3.8, 4) is 0 Å². The van der Waals surface area contributed by atoms with Crippen molar-refractivity contribution in [2.24, 2.45) is 0 Å². The molecule has 1 fully saturated rings. The van der Waals surface area contributed by atoms with E-state index in [1.807, 2.05) is 19.1 Å². The number of hydrogen-bond acceptors (Lipinski definition) is 3. The fourth-order valence-electron chi connectivity index (χ4n) is 2.83. The summed E-state index contributed by atoms with van der Waals surface area (Å²) in [6.07, 6.45) is 2.51. The Labute approximate surface area is 127 Å². The van der Waals surface area contributed by atoms with Crippen molar-refractivity contribution in [1.82, 2.24) is 9.88 Å². The monoisotopic (exact) mass is 301 g/mol. The number of H-pyrrole nitrogens is 1. The number of β-amino-alcohol motifs (C(OH)–C–C–N with tert-alkyl or cyclic N) is 1. The number of nitrogens with zero attached hydrogens (tertiary/aromatic N) is 1. The van der Waals surface area contributed by atoms with Crippen LogP contribution in [0.3, 0.4) is 0 Å². The predicted octanol–water partition coefficient (Wildman–Crippen LogP) is 1.83. The minimum Gasteiger partial charge on any atom is -0.391 e. The minimum atomic E-state index is -0.489. The van der Waals surface area contributed by atoms with Crippen LogP contribution in [0.25, 0.3) is 10.9 Å². The van der Waals surface area contributed by atoms with Gasteiger partial charge >= 0.3 is 6.03 Å². The van der Waals surface area contributed by atoms with Gasteiger partial charge in [0, 0.05) is 24.7 Å². The number of benzene rings is 1. The van der Waals surface area contributed by atoms with E-state index in [2.05, 4.69) is 10.3 Å². The van der Waals surface area contributed by atoms with Crippen LogP contribution in [0.2, 0.25) is 0 Å². The number of nitrogens with one attached hydrogen (secondary N) is 2. The molecule has 1 atom stereocenters. The number of aliphatic hydroxyl groups excluding tert-OH is 1. The molecule has 3 rings (SSSR count). The van der Waals surface area contributed by atoms with Gasteiger partial charge in [-0.2, -0.15) is 0 Å². The number of amides is 2. The van der Waals surface area contributed by atoms with Crippen LogP contribution in [0.4, 0.5) is 10.5 Å². The summed E-state index contributed by atoms with van der Waals surface area (Å²) in [5.41, 5.74) is 1.78. The molecular weight excluding hydrogens is 282 g/mol. The van der Waals surface area contributed by atoms with Gasteiger partial charge in [0.1, 0.15) is 5.69 Å². The van der Waals surface area contributed by atoms with Crippen LogP contribution in [-0.2, 0) is 0 Å². The van der Waals surface area contributed by atoms with E-state index in [9.17, 15) is 14.7 Å². The first-order chi connectivity index (χ1) is 10.6. The van der Waals surface area contributed by atoms with Gasteiger partial charge in [0.15, 0.2) is 0 Å². The lowest BCUT2D eigenvalue weighted by molar-refractivity contribution is 0.0883. The van der Waals surface area contributed by atoms with Crippen molar-refractivity contribution in [2.75, 3.05) is 18.4 Å². The summed E-state index contributed by atoms with van der Waals surface area (Å²) >= 11 is 0. The second kappa shape index (κ2) is 5.81. The van der Waals surface area contributed by atoms with Gasteiger partial charge in [0.25, 0.3) is 0 Å². The van der Waals surface area contributed by atoms with Crippen LogP contribution >= 0.6 is 0 Å². The fraction of sp³-hybridized carbons (Fsp3) is 0.375. The summed E-state index contributed by atoms with van der Waals surface area (Å²) < 4.78 is 0. The van der Waals surface area contributed by atoms with Crippen LogP contribution in [0, 0.1) is 6.92 Å². The molecule has 1 aliphatic heterocycles. The lowest BCUT2D eigenvalue weighted by atomic mass is 10.1. The molecule has 1 saturated heterocycles. The van der Waals surface area contributed by atoms with Gasteiger partial charge < -0.3 is 20.3 Å². The lowest BCUT2D eigenvalue weighted by Gasteiger charge is -2.30. The Hall–Kier alpha value is -2.34. The summed E-state index contributed by atoms with van der Waals surface area (Å²) in [5, 5.41) is 12.8. The van der Waals surface area contributed by atoms with Crippen molar-refractivity contribution in [2.45, 2.75) is 25.9 Å². The van der Waals surface area contributed by atoms with E-state index in [0.29, 0.717) is 24.9 Å². The number of aromatic amines is 1. The molecule has 1 aliphatic rings. The molecule has 1 aromatic carbocycles. The van der Waals surface area contributed by atoms with E-state index in [1.54, 1.807) is 6.07 Å². The first kappa shape index (κ1) is 14.6. The maximum Gasteiger partial charge on any atom is 0.322 e. The largest absolute Gasteiger partial charge is 0.391 e. The Kier molecular flexibility index (Phi) is 3.85. The zero-order valence-electron chi connectivity index (χ0n) is 12.4. The van der Waals surface area contributed by atoms with E-state index in [-0.39, 0.29) is 17.1 Å². The van der Waals surface area contributed by atoms with Crippen LogP contribution < -0.4 is 10.7 Å². The molecule has 0 saturated carbocycles. The number of likely N-dealkylation sites (tertiary alicyclic amines) is 1. The highest BCUT2D eigenvalue weighted by Crippen LogP contribution is 2.15. The molecule has 2 heterocycles. The van der Waals surface area contributed by atoms with Gasteiger partial charge in [-0.3, -0.25) is 4.79 Å². The van der Waals surface area contributed by atoms with E-state index in [0.717, 1.165) is 17.5 Å². The number of rotatable bonds is 1. The van der Waals surface area contributed by atoms with Gasteiger partial charge in [-0.15, -0.1) is 0 Å². The number of carbonyl (C=O) groups excluding carboxylic acids is 1. The summed E-state index contributed by atoms with van der Waals surface area (Å²) in [4.78, 5) is 29.3. The number of pyridine rings is 1. The van der Waals surface area contributed by atoms with Gasteiger partial charge in [-0.25, -0.2) is 4.79 Å². The van der Waals surface area contributed by atoms with Crippen LogP contribution in [-0.4, -0.2) is 40.2 Å². The second-order valence-electron chi connectivity index (χ2n) is 5.70. The Morgan fingerprint density at radius 1 is 1.45 bits per heavy atom. The van der Waals surface area contributed by atoms with Crippen LogP contribution in [0.15, 0.2) is 29.2 Å². The highest BCUT2D eigenvalue weighted by Gasteiger charge is 2.22. The Bertz CT molecular complexity index is 769. The van der Waals surface area contributed by atoms with E-state index >= 15 is 0 Å². The number of aromatic nitrogens is 1. The molecule has 2 aromatic rings. The number of aliphatic hydroxyl groups is 1. The van der Waals surface area contributed by atoms with E-state index in [1.165, 1.54) is 11.1 Å².